The summed E-state index contributed by atoms with van der Waals surface area (Å²) in [6.07, 6.45) is 1.19. The van der Waals surface area contributed by atoms with E-state index in [2.05, 4.69) is 11.4 Å². The molecule has 0 aromatic heterocycles. The summed E-state index contributed by atoms with van der Waals surface area (Å²) in [5.74, 6) is 0.784. The van der Waals surface area contributed by atoms with Gasteiger partial charge in [0, 0.05) is 19.1 Å². The maximum absolute atomic E-state index is 9.27. The van der Waals surface area contributed by atoms with Gasteiger partial charge < -0.3 is 9.84 Å². The number of nitrogens with one attached hydrogen (secondary N) is 1. The Balaban J connectivity index is 2.57. The van der Waals surface area contributed by atoms with E-state index in [1.807, 2.05) is 45.0 Å². The summed E-state index contributed by atoms with van der Waals surface area (Å²) < 4.78 is 5.77. The molecule has 0 aliphatic heterocycles. The fourth-order valence-electron chi connectivity index (χ4n) is 2.13. The van der Waals surface area contributed by atoms with Gasteiger partial charge in [0.1, 0.15) is 11.3 Å². The molecular formula is C16H24N2O2. The molecule has 1 rings (SSSR count). The third-order valence-corrected chi connectivity index (χ3v) is 3.07. The highest BCUT2D eigenvalue weighted by Gasteiger charge is 2.24. The minimum Gasteiger partial charge on any atom is -0.493 e. The van der Waals surface area contributed by atoms with Crippen molar-refractivity contribution in [3.8, 4) is 11.8 Å². The summed E-state index contributed by atoms with van der Waals surface area (Å²) in [4.78, 5) is 0. The van der Waals surface area contributed by atoms with Gasteiger partial charge in [-0.1, -0.05) is 18.2 Å². The van der Waals surface area contributed by atoms with E-state index >= 15 is 0 Å². The van der Waals surface area contributed by atoms with Gasteiger partial charge in [0.15, 0.2) is 0 Å². The van der Waals surface area contributed by atoms with Gasteiger partial charge >= 0.3 is 0 Å². The Morgan fingerprint density at radius 1 is 1.40 bits per heavy atom. The van der Waals surface area contributed by atoms with Crippen LogP contribution in [-0.2, 0) is 6.42 Å². The monoisotopic (exact) mass is 276 g/mol. The average Bonchev–Trinajstić information content (AvgIpc) is 2.40. The number of aliphatic hydroxyl groups is 1. The molecule has 1 aromatic rings. The lowest BCUT2D eigenvalue weighted by Crippen LogP contribution is -2.45. The van der Waals surface area contributed by atoms with Crippen molar-refractivity contribution in [2.75, 3.05) is 13.2 Å². The van der Waals surface area contributed by atoms with Gasteiger partial charge in [0.2, 0.25) is 0 Å². The molecule has 0 radical (unpaired) electrons. The van der Waals surface area contributed by atoms with Crippen molar-refractivity contribution in [3.05, 3.63) is 29.8 Å². The first-order chi connectivity index (χ1) is 9.50. The molecule has 0 aliphatic rings. The second-order valence-corrected chi connectivity index (χ2v) is 5.42. The number of nitrogens with zero attached hydrogens (tertiary/aromatic N) is 1. The van der Waals surface area contributed by atoms with Crippen LogP contribution in [0.2, 0.25) is 0 Å². The molecule has 1 aromatic carbocycles. The first-order valence-electron chi connectivity index (χ1n) is 7.01. The Hall–Kier alpha value is -1.57. The first-order valence-corrected chi connectivity index (χ1v) is 7.01. The van der Waals surface area contributed by atoms with Crippen molar-refractivity contribution in [2.45, 2.75) is 45.2 Å². The smallest absolute Gasteiger partial charge is 0.122 e. The molecule has 0 aliphatic carbocycles. The Bertz CT molecular complexity index is 454. The standard InChI is InChI=1S/C16H24N2O2/c1-13(2)18-16(3,12-17)9-11-20-15-7-5-4-6-14(15)8-10-19/h4-7,13,18-19H,8-11H2,1-3H3. The Morgan fingerprint density at radius 2 is 2.10 bits per heavy atom. The molecule has 0 bridgehead atoms. The summed E-state index contributed by atoms with van der Waals surface area (Å²) in [6, 6.07) is 10.2. The molecule has 0 amide bonds. The quantitative estimate of drug-likeness (QED) is 0.764. The van der Waals surface area contributed by atoms with Gasteiger partial charge in [0.25, 0.3) is 0 Å². The van der Waals surface area contributed by atoms with Gasteiger partial charge in [-0.2, -0.15) is 5.26 Å². The molecule has 20 heavy (non-hydrogen) atoms. The Morgan fingerprint density at radius 3 is 2.70 bits per heavy atom. The summed E-state index contributed by atoms with van der Waals surface area (Å²) in [7, 11) is 0. The van der Waals surface area contributed by atoms with Gasteiger partial charge in [-0.25, -0.2) is 0 Å². The maximum Gasteiger partial charge on any atom is 0.122 e. The zero-order chi connectivity index (χ0) is 15.0. The third kappa shape index (κ3) is 5.20. The fraction of sp³-hybridized carbons (Fsp3) is 0.562. The highest BCUT2D eigenvalue weighted by Crippen LogP contribution is 2.19. The summed E-state index contributed by atoms with van der Waals surface area (Å²) >= 11 is 0. The minimum atomic E-state index is -0.583. The molecule has 0 saturated carbocycles. The van der Waals surface area contributed by atoms with Crippen LogP contribution >= 0.6 is 0 Å². The molecule has 2 N–H and O–H groups in total. The van der Waals surface area contributed by atoms with Crippen molar-refractivity contribution >= 4 is 0 Å². The molecule has 0 spiro atoms. The van der Waals surface area contributed by atoms with Crippen LogP contribution in [-0.4, -0.2) is 29.9 Å². The van der Waals surface area contributed by atoms with Crippen LogP contribution in [0.15, 0.2) is 24.3 Å². The number of rotatable bonds is 8. The number of aliphatic hydroxyl groups excluding tert-OH is 1. The average molecular weight is 276 g/mol. The van der Waals surface area contributed by atoms with Crippen molar-refractivity contribution in [2.24, 2.45) is 0 Å². The van der Waals surface area contributed by atoms with E-state index in [-0.39, 0.29) is 12.6 Å². The molecule has 0 saturated heterocycles. The number of benzene rings is 1. The molecule has 1 atom stereocenters. The van der Waals surface area contributed by atoms with E-state index in [9.17, 15) is 5.26 Å². The fourth-order valence-corrected chi connectivity index (χ4v) is 2.13. The molecular weight excluding hydrogens is 252 g/mol. The lowest BCUT2D eigenvalue weighted by Gasteiger charge is -2.26. The molecule has 4 heteroatoms. The zero-order valence-electron chi connectivity index (χ0n) is 12.5. The van der Waals surface area contributed by atoms with Crippen molar-refractivity contribution in [3.63, 3.8) is 0 Å². The van der Waals surface area contributed by atoms with E-state index in [1.54, 1.807) is 0 Å². The topological polar surface area (TPSA) is 65.3 Å². The van der Waals surface area contributed by atoms with E-state index in [0.717, 1.165) is 11.3 Å². The van der Waals surface area contributed by atoms with Crippen LogP contribution in [0.3, 0.4) is 0 Å². The minimum absolute atomic E-state index is 0.102. The number of para-hydroxylation sites is 1. The zero-order valence-corrected chi connectivity index (χ0v) is 12.5. The first kappa shape index (κ1) is 16.5. The molecule has 110 valence electrons. The van der Waals surface area contributed by atoms with Crippen molar-refractivity contribution in [1.82, 2.24) is 5.32 Å². The summed E-state index contributed by atoms with van der Waals surface area (Å²) in [5.41, 5.74) is 0.408. The lowest BCUT2D eigenvalue weighted by molar-refractivity contribution is 0.254. The van der Waals surface area contributed by atoms with E-state index in [0.29, 0.717) is 19.4 Å². The second kappa shape index (κ2) is 7.88. The van der Waals surface area contributed by atoms with Crippen LogP contribution in [0.25, 0.3) is 0 Å². The summed E-state index contributed by atoms with van der Waals surface area (Å²) in [5, 5.41) is 21.5. The normalized spacial score (nSPS) is 13.8. The predicted molar refractivity (Wildman–Crippen MR) is 79.6 cm³/mol. The van der Waals surface area contributed by atoms with Gasteiger partial charge in [-0.3, -0.25) is 5.32 Å². The maximum atomic E-state index is 9.27. The molecule has 1 unspecified atom stereocenters. The predicted octanol–water partition coefficient (Wildman–Crippen LogP) is 2.27. The third-order valence-electron chi connectivity index (χ3n) is 3.07. The van der Waals surface area contributed by atoms with E-state index in [4.69, 9.17) is 9.84 Å². The van der Waals surface area contributed by atoms with E-state index < -0.39 is 5.54 Å². The Kier molecular flexibility index (Phi) is 6.50. The van der Waals surface area contributed by atoms with Crippen LogP contribution in [0.1, 0.15) is 32.8 Å². The largest absolute Gasteiger partial charge is 0.493 e. The van der Waals surface area contributed by atoms with Crippen molar-refractivity contribution < 1.29 is 9.84 Å². The van der Waals surface area contributed by atoms with Gasteiger partial charge in [0.05, 0.1) is 12.7 Å². The van der Waals surface area contributed by atoms with Gasteiger partial charge in [-0.05, 0) is 38.8 Å². The number of ether oxygens (including phenoxy) is 1. The number of hydrogen-bond acceptors (Lipinski definition) is 4. The van der Waals surface area contributed by atoms with E-state index in [1.165, 1.54) is 0 Å². The SMILES string of the molecule is CC(C)NC(C)(C#N)CCOc1ccccc1CCO. The van der Waals surface area contributed by atoms with Crippen molar-refractivity contribution in [1.29, 1.82) is 5.26 Å². The number of nitriles is 1. The van der Waals surface area contributed by atoms with Crippen LogP contribution in [0.4, 0.5) is 0 Å². The lowest BCUT2D eigenvalue weighted by atomic mass is 9.99. The molecule has 4 nitrogen and oxygen atoms in total. The Labute approximate surface area is 121 Å². The highest BCUT2D eigenvalue weighted by molar-refractivity contribution is 5.33. The van der Waals surface area contributed by atoms with Crippen LogP contribution in [0, 0.1) is 11.3 Å². The highest BCUT2D eigenvalue weighted by atomic mass is 16.5. The van der Waals surface area contributed by atoms with Crippen LogP contribution in [0.5, 0.6) is 5.75 Å². The number of hydrogen-bond donors (Lipinski definition) is 2. The summed E-state index contributed by atoms with van der Waals surface area (Å²) in [6.45, 7) is 6.49. The second-order valence-electron chi connectivity index (χ2n) is 5.42. The van der Waals surface area contributed by atoms with Crippen LogP contribution < -0.4 is 10.1 Å². The molecule has 0 fully saturated rings. The molecule has 0 heterocycles. The van der Waals surface area contributed by atoms with Gasteiger partial charge in [-0.15, -0.1) is 0 Å².